The lowest BCUT2D eigenvalue weighted by Gasteiger charge is -2.09. The summed E-state index contributed by atoms with van der Waals surface area (Å²) < 4.78 is 0. The van der Waals surface area contributed by atoms with Gasteiger partial charge in [-0.3, -0.25) is 9.59 Å². The van der Waals surface area contributed by atoms with Gasteiger partial charge in [0.1, 0.15) is 0 Å². The Hall–Kier alpha value is -1.62. The van der Waals surface area contributed by atoms with Crippen molar-refractivity contribution in [2.75, 3.05) is 6.61 Å². The number of aliphatic hydroxyl groups is 1. The van der Waals surface area contributed by atoms with Crippen molar-refractivity contribution in [2.45, 2.75) is 13.0 Å². The maximum absolute atomic E-state index is 11.4. The second kappa shape index (κ2) is 4.57. The molecule has 14 heavy (non-hydrogen) atoms. The molecule has 1 atom stereocenters. The number of carbonyl (C=O) groups excluding carboxylic acids is 1. The van der Waals surface area contributed by atoms with E-state index in [0.717, 1.165) is 0 Å². The zero-order valence-electron chi connectivity index (χ0n) is 7.78. The van der Waals surface area contributed by atoms with Crippen LogP contribution in [0.3, 0.4) is 0 Å². The highest BCUT2D eigenvalue weighted by Crippen LogP contribution is 1.93. The number of pyridine rings is 1. The van der Waals surface area contributed by atoms with Gasteiger partial charge in [0.05, 0.1) is 6.61 Å². The molecule has 5 nitrogen and oxygen atoms in total. The average Bonchev–Trinajstić information content (AvgIpc) is 2.17. The third-order valence-corrected chi connectivity index (χ3v) is 1.69. The monoisotopic (exact) mass is 196 g/mol. The van der Waals surface area contributed by atoms with Crippen LogP contribution in [0.4, 0.5) is 0 Å². The normalized spacial score (nSPS) is 12.1. The first kappa shape index (κ1) is 10.5. The summed E-state index contributed by atoms with van der Waals surface area (Å²) in [5, 5.41) is 11.2. The Bertz CT molecular complexity index is 372. The zero-order chi connectivity index (χ0) is 10.6. The van der Waals surface area contributed by atoms with Gasteiger partial charge in [-0.1, -0.05) is 0 Å². The van der Waals surface area contributed by atoms with Crippen molar-refractivity contribution in [1.82, 2.24) is 10.3 Å². The number of hydrogen-bond donors (Lipinski definition) is 3. The van der Waals surface area contributed by atoms with E-state index in [1.54, 1.807) is 6.92 Å². The van der Waals surface area contributed by atoms with Crippen LogP contribution < -0.4 is 10.9 Å². The first-order chi connectivity index (χ1) is 6.63. The van der Waals surface area contributed by atoms with Crippen LogP contribution in [0.15, 0.2) is 23.1 Å². The van der Waals surface area contributed by atoms with E-state index in [1.165, 1.54) is 18.3 Å². The van der Waals surface area contributed by atoms with Crippen LogP contribution in [0.25, 0.3) is 0 Å². The smallest absolute Gasteiger partial charge is 0.251 e. The molecule has 3 N–H and O–H groups in total. The van der Waals surface area contributed by atoms with Gasteiger partial charge in [0, 0.05) is 23.9 Å². The van der Waals surface area contributed by atoms with Gasteiger partial charge >= 0.3 is 0 Å². The number of carbonyl (C=O) groups is 1. The van der Waals surface area contributed by atoms with E-state index in [-0.39, 0.29) is 29.7 Å². The van der Waals surface area contributed by atoms with E-state index in [9.17, 15) is 9.59 Å². The fourth-order valence-corrected chi connectivity index (χ4v) is 0.939. The van der Waals surface area contributed by atoms with Crippen LogP contribution in [0.1, 0.15) is 17.3 Å². The van der Waals surface area contributed by atoms with Gasteiger partial charge in [0.25, 0.3) is 5.91 Å². The molecule has 1 aromatic rings. The van der Waals surface area contributed by atoms with Crippen molar-refractivity contribution in [3.8, 4) is 0 Å². The van der Waals surface area contributed by atoms with Gasteiger partial charge in [-0.15, -0.1) is 0 Å². The molecule has 0 aliphatic rings. The molecule has 0 aromatic carbocycles. The fraction of sp³-hybridized carbons (Fsp3) is 0.333. The lowest BCUT2D eigenvalue weighted by molar-refractivity contribution is 0.0922. The van der Waals surface area contributed by atoms with Crippen LogP contribution in [-0.2, 0) is 0 Å². The summed E-state index contributed by atoms with van der Waals surface area (Å²) in [6, 6.07) is 2.39. The Morgan fingerprint density at radius 1 is 1.71 bits per heavy atom. The number of aromatic nitrogens is 1. The number of H-pyrrole nitrogens is 1. The van der Waals surface area contributed by atoms with Crippen LogP contribution >= 0.6 is 0 Å². The number of rotatable bonds is 3. The Kier molecular flexibility index (Phi) is 3.41. The second-order valence-electron chi connectivity index (χ2n) is 3.00. The van der Waals surface area contributed by atoms with Crippen molar-refractivity contribution in [2.24, 2.45) is 0 Å². The van der Waals surface area contributed by atoms with E-state index in [0.29, 0.717) is 0 Å². The third-order valence-electron chi connectivity index (χ3n) is 1.69. The average molecular weight is 196 g/mol. The highest BCUT2D eigenvalue weighted by atomic mass is 16.3. The van der Waals surface area contributed by atoms with E-state index < -0.39 is 0 Å². The van der Waals surface area contributed by atoms with Crippen LogP contribution in [0, 0.1) is 0 Å². The van der Waals surface area contributed by atoms with Crippen LogP contribution in [-0.4, -0.2) is 28.6 Å². The molecule has 0 unspecified atom stereocenters. The molecule has 5 heteroatoms. The summed E-state index contributed by atoms with van der Waals surface area (Å²) >= 11 is 0. The van der Waals surface area contributed by atoms with Crippen LogP contribution in [0.5, 0.6) is 0 Å². The number of nitrogens with one attached hydrogen (secondary N) is 2. The Balaban J connectivity index is 2.75. The van der Waals surface area contributed by atoms with Gasteiger partial charge in [0.2, 0.25) is 5.56 Å². The van der Waals surface area contributed by atoms with Crippen molar-refractivity contribution in [1.29, 1.82) is 0 Å². The highest BCUT2D eigenvalue weighted by molar-refractivity contribution is 5.94. The van der Waals surface area contributed by atoms with Gasteiger partial charge in [0.15, 0.2) is 0 Å². The van der Waals surface area contributed by atoms with E-state index >= 15 is 0 Å². The molecule has 76 valence electrons. The van der Waals surface area contributed by atoms with Gasteiger partial charge in [-0.2, -0.15) is 0 Å². The summed E-state index contributed by atoms with van der Waals surface area (Å²) in [5.74, 6) is -0.363. The molecule has 0 aliphatic heterocycles. The zero-order valence-corrected chi connectivity index (χ0v) is 7.78. The minimum atomic E-state index is -0.363. The minimum absolute atomic E-state index is 0.130. The molecule has 0 fully saturated rings. The molecule has 1 heterocycles. The van der Waals surface area contributed by atoms with Gasteiger partial charge < -0.3 is 15.4 Å². The largest absolute Gasteiger partial charge is 0.394 e. The van der Waals surface area contributed by atoms with Crippen LogP contribution in [0.2, 0.25) is 0 Å². The van der Waals surface area contributed by atoms with E-state index in [1.807, 2.05) is 0 Å². The van der Waals surface area contributed by atoms with Crippen molar-refractivity contribution < 1.29 is 9.90 Å². The lowest BCUT2D eigenvalue weighted by Crippen LogP contribution is -2.35. The van der Waals surface area contributed by atoms with Crippen molar-refractivity contribution in [3.63, 3.8) is 0 Å². The SMILES string of the molecule is C[C@@H](CO)NC(=O)c1cc[nH]c(=O)c1. The molecule has 0 spiro atoms. The molecule has 0 bridgehead atoms. The summed E-state index contributed by atoms with van der Waals surface area (Å²) in [6.45, 7) is 1.54. The summed E-state index contributed by atoms with van der Waals surface area (Å²) in [4.78, 5) is 24.7. The first-order valence-corrected chi connectivity index (χ1v) is 4.24. The van der Waals surface area contributed by atoms with Crippen molar-refractivity contribution in [3.05, 3.63) is 34.2 Å². The molecule has 0 saturated carbocycles. The number of aromatic amines is 1. The Morgan fingerprint density at radius 2 is 2.43 bits per heavy atom. The molecule has 1 rings (SSSR count). The highest BCUT2D eigenvalue weighted by Gasteiger charge is 2.08. The molecule has 0 aliphatic carbocycles. The number of amides is 1. The summed E-state index contributed by atoms with van der Waals surface area (Å²) in [7, 11) is 0. The Labute approximate surface area is 80.8 Å². The lowest BCUT2D eigenvalue weighted by atomic mass is 10.2. The predicted octanol–water partition coefficient (Wildman–Crippen LogP) is -0.514. The maximum atomic E-state index is 11.4. The number of hydrogen-bond acceptors (Lipinski definition) is 3. The molecule has 0 saturated heterocycles. The third kappa shape index (κ3) is 2.70. The standard InChI is InChI=1S/C9H12N2O3/c1-6(5-12)11-9(14)7-2-3-10-8(13)4-7/h2-4,6,12H,5H2,1H3,(H,10,13)(H,11,14)/t6-/m0/s1. The second-order valence-corrected chi connectivity index (χ2v) is 3.00. The molecule has 0 radical (unpaired) electrons. The molecular weight excluding hydrogens is 184 g/mol. The van der Waals surface area contributed by atoms with Crippen molar-refractivity contribution >= 4 is 5.91 Å². The first-order valence-electron chi connectivity index (χ1n) is 4.24. The van der Waals surface area contributed by atoms with E-state index in [4.69, 9.17) is 5.11 Å². The fourth-order valence-electron chi connectivity index (χ4n) is 0.939. The van der Waals surface area contributed by atoms with Gasteiger partial charge in [-0.05, 0) is 13.0 Å². The quantitative estimate of drug-likeness (QED) is 0.608. The number of aliphatic hydroxyl groups excluding tert-OH is 1. The topological polar surface area (TPSA) is 82.2 Å². The molecule has 1 amide bonds. The Morgan fingerprint density at radius 3 is 3.00 bits per heavy atom. The molecular formula is C9H12N2O3. The van der Waals surface area contributed by atoms with Gasteiger partial charge in [-0.25, -0.2) is 0 Å². The summed E-state index contributed by atoms with van der Waals surface area (Å²) in [6.07, 6.45) is 1.40. The predicted molar refractivity (Wildman–Crippen MR) is 51.1 cm³/mol. The molecule has 1 aromatic heterocycles. The minimum Gasteiger partial charge on any atom is -0.394 e. The van der Waals surface area contributed by atoms with E-state index in [2.05, 4.69) is 10.3 Å². The maximum Gasteiger partial charge on any atom is 0.251 e. The summed E-state index contributed by atoms with van der Waals surface area (Å²) in [5.41, 5.74) is -0.0386.